The number of ether oxygens (including phenoxy) is 1. The van der Waals surface area contributed by atoms with Crippen LogP contribution in [0, 0.1) is 5.92 Å². The van der Waals surface area contributed by atoms with Crippen LogP contribution < -0.4 is 0 Å². The lowest BCUT2D eigenvalue weighted by Crippen LogP contribution is -2.46. The minimum atomic E-state index is -1.87. The second kappa shape index (κ2) is 8.53. The Kier molecular flexibility index (Phi) is 6.97. The van der Waals surface area contributed by atoms with Gasteiger partial charge in [-0.2, -0.15) is 0 Å². The van der Waals surface area contributed by atoms with Crippen molar-refractivity contribution in [3.8, 4) is 0 Å². The SMILES string of the molecule is CC(C)(C)OC(=O)N1C[C@@H](Cc2ccncc2)C[C@@H]1CO[Si](C)(C)C(C)(C)C. The number of pyridine rings is 1. The number of hydrogen-bond donors (Lipinski definition) is 0. The lowest BCUT2D eigenvalue weighted by Gasteiger charge is -2.38. The molecular weight excluding hydrogens is 368 g/mol. The van der Waals surface area contributed by atoms with Gasteiger partial charge in [0, 0.05) is 18.9 Å². The number of likely N-dealkylation sites (tertiary alicyclic amines) is 1. The van der Waals surface area contributed by atoms with Gasteiger partial charge < -0.3 is 14.1 Å². The molecule has 0 bridgehead atoms. The molecule has 1 aromatic heterocycles. The number of amides is 1. The first kappa shape index (κ1) is 22.9. The summed E-state index contributed by atoms with van der Waals surface area (Å²) in [5.74, 6) is 0.405. The molecule has 1 amide bonds. The van der Waals surface area contributed by atoms with Gasteiger partial charge in [0.05, 0.1) is 12.6 Å². The molecule has 1 aromatic rings. The Morgan fingerprint density at radius 1 is 1.18 bits per heavy atom. The third-order valence-electron chi connectivity index (χ3n) is 5.85. The Morgan fingerprint density at radius 3 is 2.32 bits per heavy atom. The molecule has 1 fully saturated rings. The summed E-state index contributed by atoms with van der Waals surface area (Å²) in [6, 6.07) is 4.17. The van der Waals surface area contributed by atoms with Gasteiger partial charge in [0.1, 0.15) is 5.60 Å². The van der Waals surface area contributed by atoms with Crippen molar-refractivity contribution in [2.45, 2.75) is 84.2 Å². The molecule has 6 heteroatoms. The molecule has 0 N–H and O–H groups in total. The zero-order valence-corrected chi connectivity index (χ0v) is 19.9. The summed E-state index contributed by atoms with van der Waals surface area (Å²) < 4.78 is 12.1. The van der Waals surface area contributed by atoms with Crippen molar-refractivity contribution in [3.63, 3.8) is 0 Å². The van der Waals surface area contributed by atoms with Crippen LogP contribution in [0.5, 0.6) is 0 Å². The molecule has 5 nitrogen and oxygen atoms in total. The molecule has 0 saturated carbocycles. The molecule has 0 aromatic carbocycles. The van der Waals surface area contributed by atoms with E-state index in [1.165, 1.54) is 5.56 Å². The monoisotopic (exact) mass is 406 g/mol. The van der Waals surface area contributed by atoms with E-state index in [-0.39, 0.29) is 17.2 Å². The molecule has 1 aliphatic heterocycles. The zero-order valence-electron chi connectivity index (χ0n) is 18.9. The van der Waals surface area contributed by atoms with Crippen molar-refractivity contribution in [2.75, 3.05) is 13.2 Å². The van der Waals surface area contributed by atoms with E-state index in [4.69, 9.17) is 9.16 Å². The molecule has 2 atom stereocenters. The fourth-order valence-electron chi connectivity index (χ4n) is 3.24. The van der Waals surface area contributed by atoms with E-state index in [0.717, 1.165) is 12.8 Å². The van der Waals surface area contributed by atoms with Gasteiger partial charge in [-0.15, -0.1) is 0 Å². The summed E-state index contributed by atoms with van der Waals surface area (Å²) in [5, 5.41) is 0.152. The molecule has 0 radical (unpaired) electrons. The number of carbonyl (C=O) groups is 1. The van der Waals surface area contributed by atoms with E-state index in [2.05, 4.69) is 51.0 Å². The summed E-state index contributed by atoms with van der Waals surface area (Å²) in [6.45, 7) is 18.3. The highest BCUT2D eigenvalue weighted by atomic mass is 28.4. The van der Waals surface area contributed by atoms with Crippen LogP contribution in [-0.2, 0) is 15.6 Å². The third kappa shape index (κ3) is 6.31. The molecule has 2 rings (SSSR count). The fourth-order valence-corrected chi connectivity index (χ4v) is 4.28. The second-order valence-electron chi connectivity index (χ2n) is 10.5. The molecule has 28 heavy (non-hydrogen) atoms. The van der Waals surface area contributed by atoms with Gasteiger partial charge in [0.2, 0.25) is 0 Å². The molecule has 1 aliphatic rings. The first-order valence-corrected chi connectivity index (χ1v) is 13.2. The number of carbonyl (C=O) groups excluding carboxylic acids is 1. The second-order valence-corrected chi connectivity index (χ2v) is 15.3. The van der Waals surface area contributed by atoms with Crippen LogP contribution in [0.1, 0.15) is 53.5 Å². The maximum Gasteiger partial charge on any atom is 0.410 e. The van der Waals surface area contributed by atoms with Gasteiger partial charge in [-0.3, -0.25) is 4.98 Å². The highest BCUT2D eigenvalue weighted by Gasteiger charge is 2.41. The summed E-state index contributed by atoms with van der Waals surface area (Å²) in [5.41, 5.74) is 0.764. The van der Waals surface area contributed by atoms with Gasteiger partial charge in [0.15, 0.2) is 8.32 Å². The zero-order chi connectivity index (χ0) is 21.2. The van der Waals surface area contributed by atoms with E-state index in [0.29, 0.717) is 19.1 Å². The molecule has 158 valence electrons. The van der Waals surface area contributed by atoms with E-state index in [9.17, 15) is 4.79 Å². The Bertz CT molecular complexity index is 650. The van der Waals surface area contributed by atoms with Crippen LogP contribution in [0.15, 0.2) is 24.5 Å². The Labute approximate surface area is 172 Å². The Hall–Kier alpha value is -1.40. The predicted octanol–water partition coefficient (Wildman–Crippen LogP) is 5.27. The standard InChI is InChI=1S/C22H38N2O3Si/c1-21(2,3)27-20(25)24-15-18(13-17-9-11-23-12-10-17)14-19(24)16-26-28(7,8)22(4,5)6/h9-12,18-19H,13-16H2,1-8H3/t18-,19+/m0/s1. The highest BCUT2D eigenvalue weighted by molar-refractivity contribution is 6.74. The lowest BCUT2D eigenvalue weighted by atomic mass is 9.97. The van der Waals surface area contributed by atoms with Crippen molar-refractivity contribution in [3.05, 3.63) is 30.1 Å². The van der Waals surface area contributed by atoms with Crippen LogP contribution >= 0.6 is 0 Å². The van der Waals surface area contributed by atoms with Crippen LogP contribution in [0.2, 0.25) is 18.1 Å². The summed E-state index contributed by atoms with van der Waals surface area (Å²) in [7, 11) is -1.87. The summed E-state index contributed by atoms with van der Waals surface area (Å²) in [6.07, 6.45) is 5.31. The van der Waals surface area contributed by atoms with E-state index >= 15 is 0 Å². The van der Waals surface area contributed by atoms with Crippen LogP contribution in [0.4, 0.5) is 4.79 Å². The summed E-state index contributed by atoms with van der Waals surface area (Å²) in [4.78, 5) is 18.8. The predicted molar refractivity (Wildman–Crippen MR) is 116 cm³/mol. The van der Waals surface area contributed by atoms with Crippen LogP contribution in [0.25, 0.3) is 0 Å². The molecule has 0 spiro atoms. The maximum absolute atomic E-state index is 12.8. The van der Waals surface area contributed by atoms with Crippen molar-refractivity contribution in [2.24, 2.45) is 5.92 Å². The minimum absolute atomic E-state index is 0.0656. The average Bonchev–Trinajstić information content (AvgIpc) is 2.94. The highest BCUT2D eigenvalue weighted by Crippen LogP contribution is 2.37. The van der Waals surface area contributed by atoms with Gasteiger partial charge in [-0.1, -0.05) is 20.8 Å². The Morgan fingerprint density at radius 2 is 1.79 bits per heavy atom. The first-order chi connectivity index (χ1) is 12.8. The molecule has 2 heterocycles. The average molecular weight is 407 g/mol. The van der Waals surface area contributed by atoms with Crippen LogP contribution in [-0.4, -0.2) is 49.1 Å². The number of aromatic nitrogens is 1. The van der Waals surface area contributed by atoms with Crippen LogP contribution in [0.3, 0.4) is 0 Å². The first-order valence-electron chi connectivity index (χ1n) is 10.3. The smallest absolute Gasteiger partial charge is 0.410 e. The third-order valence-corrected chi connectivity index (χ3v) is 10.3. The molecule has 1 saturated heterocycles. The van der Waals surface area contributed by atoms with E-state index in [1.54, 1.807) is 0 Å². The minimum Gasteiger partial charge on any atom is -0.444 e. The van der Waals surface area contributed by atoms with Gasteiger partial charge in [-0.05, 0) is 75.4 Å². The van der Waals surface area contributed by atoms with Crippen molar-refractivity contribution < 1.29 is 14.0 Å². The van der Waals surface area contributed by atoms with Crippen molar-refractivity contribution in [1.82, 2.24) is 9.88 Å². The van der Waals surface area contributed by atoms with Gasteiger partial charge >= 0.3 is 6.09 Å². The maximum atomic E-state index is 12.8. The van der Waals surface area contributed by atoms with Gasteiger partial charge in [0.25, 0.3) is 0 Å². The number of rotatable bonds is 5. The quantitative estimate of drug-likeness (QED) is 0.625. The number of hydrogen-bond acceptors (Lipinski definition) is 4. The van der Waals surface area contributed by atoms with E-state index in [1.807, 2.05) is 38.1 Å². The largest absolute Gasteiger partial charge is 0.444 e. The number of nitrogens with zero attached hydrogens (tertiary/aromatic N) is 2. The Balaban J connectivity index is 2.10. The van der Waals surface area contributed by atoms with Crippen molar-refractivity contribution >= 4 is 14.4 Å². The molecule has 0 aliphatic carbocycles. The molecular formula is C22H38N2O3Si. The van der Waals surface area contributed by atoms with E-state index < -0.39 is 13.9 Å². The lowest BCUT2D eigenvalue weighted by molar-refractivity contribution is 0.0178. The van der Waals surface area contributed by atoms with Crippen molar-refractivity contribution in [1.29, 1.82) is 0 Å². The molecule has 0 unspecified atom stereocenters. The topological polar surface area (TPSA) is 51.7 Å². The fraction of sp³-hybridized carbons (Fsp3) is 0.727. The van der Waals surface area contributed by atoms with Gasteiger partial charge in [-0.25, -0.2) is 4.79 Å². The summed E-state index contributed by atoms with van der Waals surface area (Å²) >= 11 is 0. The normalized spacial score (nSPS) is 21.1.